The van der Waals surface area contributed by atoms with Crippen molar-refractivity contribution in [1.82, 2.24) is 0 Å². The van der Waals surface area contributed by atoms with Crippen molar-refractivity contribution >= 4 is 5.97 Å². The second kappa shape index (κ2) is 3.53. The fraction of sp³-hybridized carbons (Fsp3) is 0.625. The standard InChI is InChI=1S/C8H12O3/c9-5-7-3-1-2-6(7)4-8(10)11/h1,3,6-7,9H,2,4-5H2,(H,10,11). The highest BCUT2D eigenvalue weighted by molar-refractivity contribution is 5.67. The molecule has 2 atom stereocenters. The Kier molecular flexibility index (Phi) is 2.65. The molecule has 0 spiro atoms. The molecular weight excluding hydrogens is 144 g/mol. The lowest BCUT2D eigenvalue weighted by Crippen LogP contribution is -2.15. The fourth-order valence-corrected chi connectivity index (χ4v) is 1.43. The zero-order chi connectivity index (χ0) is 8.27. The summed E-state index contributed by atoms with van der Waals surface area (Å²) in [5, 5.41) is 17.3. The van der Waals surface area contributed by atoms with Crippen LogP contribution in [0.1, 0.15) is 12.8 Å². The summed E-state index contributed by atoms with van der Waals surface area (Å²) in [7, 11) is 0. The fourth-order valence-electron chi connectivity index (χ4n) is 1.43. The van der Waals surface area contributed by atoms with Crippen LogP contribution in [0.5, 0.6) is 0 Å². The number of hydrogen-bond acceptors (Lipinski definition) is 2. The Morgan fingerprint density at radius 1 is 1.64 bits per heavy atom. The summed E-state index contributed by atoms with van der Waals surface area (Å²) in [6, 6.07) is 0. The number of aliphatic hydroxyl groups is 1. The Morgan fingerprint density at radius 3 is 2.91 bits per heavy atom. The Balaban J connectivity index is 2.41. The Bertz CT molecular complexity index is 174. The van der Waals surface area contributed by atoms with Gasteiger partial charge < -0.3 is 10.2 Å². The van der Waals surface area contributed by atoms with E-state index >= 15 is 0 Å². The summed E-state index contributed by atoms with van der Waals surface area (Å²) in [4.78, 5) is 10.3. The highest BCUT2D eigenvalue weighted by atomic mass is 16.4. The summed E-state index contributed by atoms with van der Waals surface area (Å²) in [5.41, 5.74) is 0. The van der Waals surface area contributed by atoms with Gasteiger partial charge in [-0.25, -0.2) is 0 Å². The number of carboxylic acids is 1. The van der Waals surface area contributed by atoms with E-state index in [0.717, 1.165) is 6.42 Å². The van der Waals surface area contributed by atoms with E-state index in [1.54, 1.807) is 0 Å². The minimum absolute atomic E-state index is 0.0612. The van der Waals surface area contributed by atoms with E-state index < -0.39 is 5.97 Å². The Hall–Kier alpha value is -0.830. The molecular formula is C8H12O3. The van der Waals surface area contributed by atoms with Gasteiger partial charge in [-0.2, -0.15) is 0 Å². The molecule has 0 saturated heterocycles. The molecule has 0 bridgehead atoms. The molecule has 3 heteroatoms. The van der Waals surface area contributed by atoms with Gasteiger partial charge in [0.05, 0.1) is 0 Å². The molecule has 1 aliphatic carbocycles. The predicted octanol–water partition coefficient (Wildman–Crippen LogP) is 0.646. The van der Waals surface area contributed by atoms with E-state index in [2.05, 4.69) is 0 Å². The Morgan fingerprint density at radius 2 is 2.36 bits per heavy atom. The number of allylic oxidation sites excluding steroid dienone is 1. The van der Waals surface area contributed by atoms with Crippen LogP contribution >= 0.6 is 0 Å². The largest absolute Gasteiger partial charge is 0.481 e. The van der Waals surface area contributed by atoms with Gasteiger partial charge in [0.15, 0.2) is 0 Å². The summed E-state index contributed by atoms with van der Waals surface area (Å²) in [6.07, 6.45) is 4.79. The smallest absolute Gasteiger partial charge is 0.303 e. The highest BCUT2D eigenvalue weighted by Crippen LogP contribution is 2.27. The molecule has 1 aliphatic rings. The van der Waals surface area contributed by atoms with Gasteiger partial charge in [0.25, 0.3) is 0 Å². The molecule has 0 aromatic carbocycles. The van der Waals surface area contributed by atoms with Crippen LogP contribution < -0.4 is 0 Å². The van der Waals surface area contributed by atoms with Crippen molar-refractivity contribution in [2.24, 2.45) is 11.8 Å². The lowest BCUT2D eigenvalue weighted by atomic mass is 9.93. The van der Waals surface area contributed by atoms with Crippen molar-refractivity contribution in [3.63, 3.8) is 0 Å². The van der Waals surface area contributed by atoms with Crippen molar-refractivity contribution in [3.05, 3.63) is 12.2 Å². The normalized spacial score (nSPS) is 29.2. The van der Waals surface area contributed by atoms with Crippen LogP contribution in [0.3, 0.4) is 0 Å². The minimum Gasteiger partial charge on any atom is -0.481 e. The topological polar surface area (TPSA) is 57.5 Å². The molecule has 11 heavy (non-hydrogen) atoms. The second-order valence-corrected chi connectivity index (χ2v) is 2.87. The third-order valence-electron chi connectivity index (χ3n) is 2.08. The molecule has 2 N–H and O–H groups in total. The molecule has 3 nitrogen and oxygen atoms in total. The zero-order valence-corrected chi connectivity index (χ0v) is 6.23. The SMILES string of the molecule is O=C(O)CC1CC=CC1CO. The first kappa shape index (κ1) is 8.27. The summed E-state index contributed by atoms with van der Waals surface area (Å²) < 4.78 is 0. The number of aliphatic hydroxyl groups excluding tert-OH is 1. The summed E-state index contributed by atoms with van der Waals surface area (Å²) >= 11 is 0. The van der Waals surface area contributed by atoms with E-state index in [1.165, 1.54) is 0 Å². The molecule has 1 rings (SSSR count). The van der Waals surface area contributed by atoms with Gasteiger partial charge in [-0.1, -0.05) is 12.2 Å². The number of aliphatic carboxylic acids is 1. The second-order valence-electron chi connectivity index (χ2n) is 2.87. The average molecular weight is 156 g/mol. The Labute approximate surface area is 65.3 Å². The predicted molar refractivity (Wildman–Crippen MR) is 40.1 cm³/mol. The van der Waals surface area contributed by atoms with Gasteiger partial charge in [-0.05, 0) is 12.3 Å². The average Bonchev–Trinajstić information content (AvgIpc) is 2.34. The first-order valence-electron chi connectivity index (χ1n) is 3.73. The third kappa shape index (κ3) is 2.05. The van der Waals surface area contributed by atoms with E-state index in [4.69, 9.17) is 10.2 Å². The molecule has 0 fully saturated rings. The molecule has 0 amide bonds. The highest BCUT2D eigenvalue weighted by Gasteiger charge is 2.23. The van der Waals surface area contributed by atoms with E-state index in [9.17, 15) is 4.79 Å². The third-order valence-corrected chi connectivity index (χ3v) is 2.08. The van der Waals surface area contributed by atoms with Crippen LogP contribution in [0.2, 0.25) is 0 Å². The van der Waals surface area contributed by atoms with E-state index in [-0.39, 0.29) is 24.9 Å². The summed E-state index contributed by atoms with van der Waals surface area (Å²) in [5.74, 6) is -0.610. The van der Waals surface area contributed by atoms with Crippen LogP contribution in [0, 0.1) is 11.8 Å². The van der Waals surface area contributed by atoms with Crippen LogP contribution in [0.4, 0.5) is 0 Å². The van der Waals surface area contributed by atoms with Crippen molar-refractivity contribution in [3.8, 4) is 0 Å². The number of rotatable bonds is 3. The van der Waals surface area contributed by atoms with E-state index in [1.807, 2.05) is 12.2 Å². The van der Waals surface area contributed by atoms with Crippen LogP contribution in [0.15, 0.2) is 12.2 Å². The number of carboxylic acid groups (broad SMARTS) is 1. The van der Waals surface area contributed by atoms with Gasteiger partial charge in [0.1, 0.15) is 0 Å². The monoisotopic (exact) mass is 156 g/mol. The molecule has 0 heterocycles. The van der Waals surface area contributed by atoms with Crippen LogP contribution in [0.25, 0.3) is 0 Å². The lowest BCUT2D eigenvalue weighted by molar-refractivity contribution is -0.138. The summed E-state index contributed by atoms with van der Waals surface area (Å²) in [6.45, 7) is 0.0639. The van der Waals surface area contributed by atoms with Crippen LogP contribution in [-0.2, 0) is 4.79 Å². The number of carbonyl (C=O) groups is 1. The number of hydrogen-bond donors (Lipinski definition) is 2. The van der Waals surface area contributed by atoms with Gasteiger partial charge >= 0.3 is 5.97 Å². The molecule has 2 unspecified atom stereocenters. The maximum Gasteiger partial charge on any atom is 0.303 e. The van der Waals surface area contributed by atoms with Gasteiger partial charge in [-0.3, -0.25) is 4.79 Å². The maximum absolute atomic E-state index is 10.3. The molecule has 0 aromatic rings. The quantitative estimate of drug-likeness (QED) is 0.590. The van der Waals surface area contributed by atoms with Crippen molar-refractivity contribution in [2.45, 2.75) is 12.8 Å². The molecule has 0 radical (unpaired) electrons. The van der Waals surface area contributed by atoms with Crippen molar-refractivity contribution < 1.29 is 15.0 Å². The maximum atomic E-state index is 10.3. The first-order valence-corrected chi connectivity index (χ1v) is 3.73. The zero-order valence-electron chi connectivity index (χ0n) is 6.23. The molecule has 0 aliphatic heterocycles. The van der Waals surface area contributed by atoms with E-state index in [0.29, 0.717) is 0 Å². The van der Waals surface area contributed by atoms with Gasteiger partial charge in [0, 0.05) is 18.9 Å². The van der Waals surface area contributed by atoms with Gasteiger partial charge in [-0.15, -0.1) is 0 Å². The lowest BCUT2D eigenvalue weighted by Gasteiger charge is -2.13. The van der Waals surface area contributed by atoms with Crippen molar-refractivity contribution in [2.75, 3.05) is 6.61 Å². The first-order chi connectivity index (χ1) is 5.24. The molecule has 0 saturated carbocycles. The van der Waals surface area contributed by atoms with Crippen molar-refractivity contribution in [1.29, 1.82) is 0 Å². The molecule has 0 aromatic heterocycles. The molecule has 62 valence electrons. The van der Waals surface area contributed by atoms with Crippen LogP contribution in [-0.4, -0.2) is 22.8 Å². The van der Waals surface area contributed by atoms with Gasteiger partial charge in [0.2, 0.25) is 0 Å². The minimum atomic E-state index is -0.780.